The fourth-order valence-corrected chi connectivity index (χ4v) is 2.67. The molecule has 0 saturated carbocycles. The van der Waals surface area contributed by atoms with Crippen LogP contribution in [-0.4, -0.2) is 19.2 Å². The molecule has 28 heavy (non-hydrogen) atoms. The van der Waals surface area contributed by atoms with E-state index in [1.165, 1.54) is 5.56 Å². The fourth-order valence-electron chi connectivity index (χ4n) is 2.67. The van der Waals surface area contributed by atoms with Crippen LogP contribution in [0, 0.1) is 0 Å². The van der Waals surface area contributed by atoms with Crippen LogP contribution in [0.5, 0.6) is 17.2 Å². The monoisotopic (exact) mass is 376 g/mol. The SMILES string of the molecule is CC(C)c1ccc(OC(=O)c2ccccc2OCCOc2ccccc2)cc1. The minimum atomic E-state index is -0.447. The van der Waals surface area contributed by atoms with Crippen LogP contribution in [0.25, 0.3) is 0 Å². The lowest BCUT2D eigenvalue weighted by molar-refractivity contribution is 0.0729. The maximum atomic E-state index is 12.6. The van der Waals surface area contributed by atoms with E-state index in [9.17, 15) is 4.79 Å². The van der Waals surface area contributed by atoms with Crippen molar-refractivity contribution in [1.29, 1.82) is 0 Å². The van der Waals surface area contributed by atoms with Gasteiger partial charge in [-0.1, -0.05) is 56.3 Å². The lowest BCUT2D eigenvalue weighted by Gasteiger charge is -2.12. The predicted octanol–water partition coefficient (Wildman–Crippen LogP) is 5.49. The fraction of sp³-hybridized carbons (Fsp3) is 0.208. The number of hydrogen-bond donors (Lipinski definition) is 0. The standard InChI is InChI=1S/C24H24O4/c1-18(2)19-12-14-21(15-13-19)28-24(25)22-10-6-7-11-23(22)27-17-16-26-20-8-4-3-5-9-20/h3-15,18H,16-17H2,1-2H3. The Balaban J connectivity index is 1.58. The van der Waals surface area contributed by atoms with Crippen LogP contribution in [0.15, 0.2) is 78.9 Å². The van der Waals surface area contributed by atoms with E-state index in [4.69, 9.17) is 14.2 Å². The summed E-state index contributed by atoms with van der Waals surface area (Å²) in [5.41, 5.74) is 1.58. The molecule has 0 N–H and O–H groups in total. The van der Waals surface area contributed by atoms with Gasteiger partial charge in [0, 0.05) is 0 Å². The van der Waals surface area contributed by atoms with Crippen molar-refractivity contribution in [3.05, 3.63) is 90.0 Å². The molecule has 0 spiro atoms. The molecule has 4 nitrogen and oxygen atoms in total. The van der Waals surface area contributed by atoms with Gasteiger partial charge in [0.2, 0.25) is 0 Å². The van der Waals surface area contributed by atoms with Crippen molar-refractivity contribution in [1.82, 2.24) is 0 Å². The third-order valence-corrected chi connectivity index (χ3v) is 4.22. The number of carbonyl (C=O) groups excluding carboxylic acids is 1. The summed E-state index contributed by atoms with van der Waals surface area (Å²) in [6, 6.07) is 24.1. The Kier molecular flexibility index (Phi) is 6.68. The van der Waals surface area contributed by atoms with E-state index in [1.807, 2.05) is 60.7 Å². The van der Waals surface area contributed by atoms with Crippen LogP contribution in [0.3, 0.4) is 0 Å². The van der Waals surface area contributed by atoms with Crippen LogP contribution in [-0.2, 0) is 0 Å². The Hall–Kier alpha value is -3.27. The van der Waals surface area contributed by atoms with E-state index in [1.54, 1.807) is 18.2 Å². The second-order valence-electron chi connectivity index (χ2n) is 6.62. The van der Waals surface area contributed by atoms with Crippen molar-refractivity contribution in [2.45, 2.75) is 19.8 Å². The third kappa shape index (κ3) is 5.36. The van der Waals surface area contributed by atoms with E-state index < -0.39 is 5.97 Å². The molecular formula is C24H24O4. The summed E-state index contributed by atoms with van der Waals surface area (Å²) in [4.78, 5) is 12.6. The molecule has 0 aliphatic heterocycles. The first-order valence-electron chi connectivity index (χ1n) is 9.35. The van der Waals surface area contributed by atoms with Gasteiger partial charge >= 0.3 is 5.97 Å². The van der Waals surface area contributed by atoms with Crippen LogP contribution >= 0.6 is 0 Å². The van der Waals surface area contributed by atoms with E-state index in [-0.39, 0.29) is 0 Å². The molecule has 144 valence electrons. The molecule has 3 rings (SSSR count). The Morgan fingerprint density at radius 2 is 1.39 bits per heavy atom. The summed E-state index contributed by atoms with van der Waals surface area (Å²) >= 11 is 0. The van der Waals surface area contributed by atoms with Crippen molar-refractivity contribution in [3.63, 3.8) is 0 Å². The minimum absolute atomic E-state index is 0.322. The number of benzene rings is 3. The first-order valence-corrected chi connectivity index (χ1v) is 9.35. The molecule has 0 aliphatic rings. The average molecular weight is 376 g/mol. The highest BCUT2D eigenvalue weighted by Crippen LogP contribution is 2.23. The topological polar surface area (TPSA) is 44.8 Å². The van der Waals surface area contributed by atoms with Gasteiger partial charge in [0.05, 0.1) is 0 Å². The molecule has 0 atom stereocenters. The lowest BCUT2D eigenvalue weighted by Crippen LogP contribution is -2.14. The molecule has 0 amide bonds. The van der Waals surface area contributed by atoms with Crippen molar-refractivity contribution in [2.24, 2.45) is 0 Å². The second kappa shape index (κ2) is 9.60. The zero-order valence-electron chi connectivity index (χ0n) is 16.1. The summed E-state index contributed by atoms with van der Waals surface area (Å²) in [6.07, 6.45) is 0. The van der Waals surface area contributed by atoms with Crippen LogP contribution in [0.2, 0.25) is 0 Å². The molecule has 0 saturated heterocycles. The maximum Gasteiger partial charge on any atom is 0.347 e. The number of esters is 1. The summed E-state index contributed by atoms with van der Waals surface area (Å²) in [6.45, 7) is 4.94. The number of ether oxygens (including phenoxy) is 3. The third-order valence-electron chi connectivity index (χ3n) is 4.22. The van der Waals surface area contributed by atoms with Crippen molar-refractivity contribution in [2.75, 3.05) is 13.2 Å². The zero-order valence-corrected chi connectivity index (χ0v) is 16.1. The molecule has 0 aromatic heterocycles. The highest BCUT2D eigenvalue weighted by molar-refractivity contribution is 5.93. The van der Waals surface area contributed by atoms with Gasteiger partial charge in [-0.05, 0) is 47.9 Å². The first-order chi connectivity index (χ1) is 13.6. The number of hydrogen-bond acceptors (Lipinski definition) is 4. The molecule has 3 aromatic rings. The van der Waals surface area contributed by atoms with Gasteiger partial charge in [0.15, 0.2) is 0 Å². The van der Waals surface area contributed by atoms with Crippen molar-refractivity contribution in [3.8, 4) is 17.2 Å². The summed E-state index contributed by atoms with van der Waals surface area (Å²) < 4.78 is 16.9. The van der Waals surface area contributed by atoms with Gasteiger partial charge in [-0.3, -0.25) is 0 Å². The largest absolute Gasteiger partial charge is 0.490 e. The van der Waals surface area contributed by atoms with E-state index in [2.05, 4.69) is 13.8 Å². The Morgan fingerprint density at radius 3 is 2.11 bits per heavy atom. The Bertz CT molecular complexity index is 886. The lowest BCUT2D eigenvalue weighted by atomic mass is 10.0. The van der Waals surface area contributed by atoms with Gasteiger partial charge in [-0.2, -0.15) is 0 Å². The molecule has 0 aliphatic carbocycles. The van der Waals surface area contributed by atoms with Gasteiger partial charge < -0.3 is 14.2 Å². The normalized spacial score (nSPS) is 10.5. The second-order valence-corrected chi connectivity index (χ2v) is 6.62. The quantitative estimate of drug-likeness (QED) is 0.296. The van der Waals surface area contributed by atoms with Gasteiger partial charge in [-0.25, -0.2) is 4.79 Å². The van der Waals surface area contributed by atoms with Gasteiger partial charge in [0.25, 0.3) is 0 Å². The number of carbonyl (C=O) groups is 1. The Labute approximate surface area is 165 Å². The van der Waals surface area contributed by atoms with Gasteiger partial charge in [0.1, 0.15) is 36.0 Å². The maximum absolute atomic E-state index is 12.6. The molecule has 0 radical (unpaired) electrons. The molecule has 0 fully saturated rings. The summed E-state index contributed by atoms with van der Waals surface area (Å²) in [5.74, 6) is 1.75. The first kappa shape index (κ1) is 19.5. The van der Waals surface area contributed by atoms with Crippen molar-refractivity contribution >= 4 is 5.97 Å². The smallest absolute Gasteiger partial charge is 0.347 e. The molecule has 0 unspecified atom stereocenters. The number of para-hydroxylation sites is 2. The van der Waals surface area contributed by atoms with E-state index in [0.29, 0.717) is 36.2 Å². The Morgan fingerprint density at radius 1 is 0.750 bits per heavy atom. The number of rotatable bonds is 8. The van der Waals surface area contributed by atoms with Crippen LogP contribution < -0.4 is 14.2 Å². The summed E-state index contributed by atoms with van der Waals surface area (Å²) in [5, 5.41) is 0. The predicted molar refractivity (Wildman–Crippen MR) is 109 cm³/mol. The zero-order chi connectivity index (χ0) is 19.8. The molecule has 4 heteroatoms. The summed E-state index contributed by atoms with van der Waals surface area (Å²) in [7, 11) is 0. The van der Waals surface area contributed by atoms with Crippen molar-refractivity contribution < 1.29 is 19.0 Å². The van der Waals surface area contributed by atoms with Crippen LogP contribution in [0.1, 0.15) is 35.7 Å². The minimum Gasteiger partial charge on any atom is -0.490 e. The molecule has 0 heterocycles. The highest BCUT2D eigenvalue weighted by Gasteiger charge is 2.15. The molecule has 3 aromatic carbocycles. The van der Waals surface area contributed by atoms with Crippen LogP contribution in [0.4, 0.5) is 0 Å². The molecule has 0 bridgehead atoms. The highest BCUT2D eigenvalue weighted by atomic mass is 16.5. The van der Waals surface area contributed by atoms with E-state index >= 15 is 0 Å². The molecular weight excluding hydrogens is 352 g/mol. The average Bonchev–Trinajstić information content (AvgIpc) is 2.72. The van der Waals surface area contributed by atoms with Gasteiger partial charge in [-0.15, -0.1) is 0 Å². The van der Waals surface area contributed by atoms with E-state index in [0.717, 1.165) is 5.75 Å².